The van der Waals surface area contributed by atoms with Gasteiger partial charge in [0, 0.05) is 42.5 Å². The fraction of sp³-hybridized carbons (Fsp3) is 0.290. The van der Waals surface area contributed by atoms with Crippen LogP contribution in [0.3, 0.4) is 0 Å². The zero-order valence-corrected chi connectivity index (χ0v) is 22.6. The minimum absolute atomic E-state index is 0.189. The zero-order chi connectivity index (χ0) is 29.1. The molecule has 1 amide bonds. The van der Waals surface area contributed by atoms with Crippen LogP contribution < -0.4 is 10.2 Å². The summed E-state index contributed by atoms with van der Waals surface area (Å²) in [6, 6.07) is 15.1. The van der Waals surface area contributed by atoms with Crippen molar-refractivity contribution in [2.45, 2.75) is 32.9 Å². The summed E-state index contributed by atoms with van der Waals surface area (Å²) < 4.78 is 44.4. The van der Waals surface area contributed by atoms with Crippen molar-refractivity contribution in [1.29, 1.82) is 5.26 Å². The molecule has 2 aromatic carbocycles. The molecule has 5 rings (SSSR count). The van der Waals surface area contributed by atoms with Crippen LogP contribution in [0.1, 0.15) is 53.7 Å². The average Bonchev–Trinajstić information content (AvgIpc) is 3.43. The number of carbonyl (C=O) groups is 1. The largest absolute Gasteiger partial charge is 0.435 e. The second-order valence-corrected chi connectivity index (χ2v) is 10.1. The summed E-state index contributed by atoms with van der Waals surface area (Å²) in [6.07, 6.45) is -0.00144. The van der Waals surface area contributed by atoms with E-state index in [-0.39, 0.29) is 11.8 Å². The minimum Gasteiger partial charge on any atom is -0.435 e. The summed E-state index contributed by atoms with van der Waals surface area (Å²) in [5, 5.41) is 12.4. The van der Waals surface area contributed by atoms with Crippen LogP contribution in [0.5, 0.6) is 0 Å². The molecule has 0 spiro atoms. The number of hydrogen-bond acceptors (Lipinski definition) is 6. The van der Waals surface area contributed by atoms with E-state index in [2.05, 4.69) is 21.4 Å². The van der Waals surface area contributed by atoms with Gasteiger partial charge in [-0.3, -0.25) is 4.79 Å². The highest BCUT2D eigenvalue weighted by molar-refractivity contribution is 5.95. The molecule has 0 aliphatic carbocycles. The normalized spacial score (nSPS) is 14.7. The predicted octanol–water partition coefficient (Wildman–Crippen LogP) is 6.85. The number of nitrogens with zero attached hydrogens (tertiary/aromatic N) is 4. The van der Waals surface area contributed by atoms with E-state index in [1.807, 2.05) is 24.8 Å². The molecule has 210 valence electrons. The molecule has 41 heavy (non-hydrogen) atoms. The van der Waals surface area contributed by atoms with Gasteiger partial charge in [0.15, 0.2) is 5.58 Å². The molecule has 0 atom stereocenters. The number of rotatable bonds is 6. The Morgan fingerprint density at radius 2 is 1.90 bits per heavy atom. The molecular weight excluding hydrogens is 531 g/mol. The number of nitrogens with one attached hydrogen (secondary N) is 1. The van der Waals surface area contributed by atoms with Crippen LogP contribution in [0.4, 0.5) is 19.0 Å². The SMILES string of the molecule is CC=C(C)c1cc(C#N)cc2nc(-c3ccc(C(=O)NCC4CCN(c5ccc(C(F)(F)F)cn5)CC4)cc3)oc12. The molecule has 4 aromatic rings. The summed E-state index contributed by atoms with van der Waals surface area (Å²) in [6.45, 7) is 5.69. The number of halogens is 3. The van der Waals surface area contributed by atoms with Gasteiger partial charge in [-0.25, -0.2) is 9.97 Å². The fourth-order valence-corrected chi connectivity index (χ4v) is 4.88. The van der Waals surface area contributed by atoms with Crippen molar-refractivity contribution in [3.8, 4) is 17.5 Å². The number of piperidine rings is 1. The third kappa shape index (κ3) is 6.09. The third-order valence-corrected chi connectivity index (χ3v) is 7.44. The number of fused-ring (bicyclic) bond motifs is 1. The topological polar surface area (TPSA) is 95.0 Å². The molecule has 7 nitrogen and oxygen atoms in total. The first-order chi connectivity index (χ1) is 19.7. The molecule has 1 aliphatic heterocycles. The maximum Gasteiger partial charge on any atom is 0.417 e. The molecule has 1 saturated heterocycles. The first-order valence-electron chi connectivity index (χ1n) is 13.3. The molecule has 10 heteroatoms. The van der Waals surface area contributed by atoms with Crippen LogP contribution >= 0.6 is 0 Å². The molecule has 1 fully saturated rings. The van der Waals surface area contributed by atoms with Crippen molar-refractivity contribution in [3.63, 3.8) is 0 Å². The lowest BCUT2D eigenvalue weighted by molar-refractivity contribution is -0.137. The van der Waals surface area contributed by atoms with Crippen molar-refractivity contribution >= 4 is 28.4 Å². The highest BCUT2D eigenvalue weighted by Crippen LogP contribution is 2.32. The van der Waals surface area contributed by atoms with Gasteiger partial charge in [0.1, 0.15) is 11.3 Å². The second-order valence-electron chi connectivity index (χ2n) is 10.1. The van der Waals surface area contributed by atoms with Crippen molar-refractivity contribution in [1.82, 2.24) is 15.3 Å². The van der Waals surface area contributed by atoms with Gasteiger partial charge in [-0.2, -0.15) is 18.4 Å². The summed E-state index contributed by atoms with van der Waals surface area (Å²) in [5.41, 5.74) is 3.96. The van der Waals surface area contributed by atoms with E-state index in [1.165, 1.54) is 6.07 Å². The number of pyridine rings is 1. The monoisotopic (exact) mass is 559 g/mol. The minimum atomic E-state index is -4.40. The first kappa shape index (κ1) is 27.9. The Morgan fingerprint density at radius 1 is 1.17 bits per heavy atom. The van der Waals surface area contributed by atoms with Gasteiger partial charge in [0.05, 0.1) is 17.2 Å². The van der Waals surface area contributed by atoms with Gasteiger partial charge in [-0.05, 0) is 86.7 Å². The molecule has 3 heterocycles. The Bertz CT molecular complexity index is 1630. The Kier molecular flexibility index (Phi) is 7.79. The van der Waals surface area contributed by atoms with E-state index < -0.39 is 11.7 Å². The van der Waals surface area contributed by atoms with E-state index >= 15 is 0 Å². The molecule has 1 N–H and O–H groups in total. The number of carbonyl (C=O) groups excluding carboxylic acids is 1. The molecular formula is C31H28F3N5O2. The number of allylic oxidation sites excluding steroid dienone is 2. The first-order valence-corrected chi connectivity index (χ1v) is 13.3. The van der Waals surface area contributed by atoms with Gasteiger partial charge in [0.25, 0.3) is 5.91 Å². The number of aromatic nitrogens is 2. The summed E-state index contributed by atoms with van der Waals surface area (Å²) >= 11 is 0. The van der Waals surface area contributed by atoms with E-state index in [9.17, 15) is 23.2 Å². The molecule has 0 bridgehead atoms. The lowest BCUT2D eigenvalue weighted by Gasteiger charge is -2.33. The summed E-state index contributed by atoms with van der Waals surface area (Å²) in [4.78, 5) is 23.3. The van der Waals surface area contributed by atoms with Gasteiger partial charge >= 0.3 is 6.18 Å². The number of benzene rings is 2. The number of alkyl halides is 3. The standard InChI is InChI=1S/C31H28F3N5O2/c1-3-19(2)25-14-21(16-35)15-26-28(25)41-30(38-26)23-6-4-22(5-7-23)29(40)37-17-20-10-12-39(13-11-20)27-9-8-24(18-36-27)31(32,33)34/h3-9,14-15,18,20H,10-13,17H2,1-2H3,(H,37,40). The second kappa shape index (κ2) is 11.5. The Balaban J connectivity index is 1.18. The maximum atomic E-state index is 12.8. The molecule has 2 aromatic heterocycles. The smallest absolute Gasteiger partial charge is 0.417 e. The zero-order valence-electron chi connectivity index (χ0n) is 22.6. The molecule has 0 unspecified atom stereocenters. The molecule has 0 saturated carbocycles. The number of oxazole rings is 1. The third-order valence-electron chi connectivity index (χ3n) is 7.44. The summed E-state index contributed by atoms with van der Waals surface area (Å²) in [5.74, 6) is 1.00. The van der Waals surface area contributed by atoms with E-state index in [0.29, 0.717) is 59.1 Å². The summed E-state index contributed by atoms with van der Waals surface area (Å²) in [7, 11) is 0. The number of hydrogen-bond donors (Lipinski definition) is 1. The van der Waals surface area contributed by atoms with Gasteiger partial charge in [-0.15, -0.1) is 0 Å². The Morgan fingerprint density at radius 3 is 2.51 bits per heavy atom. The molecule has 0 radical (unpaired) electrons. The highest BCUT2D eigenvalue weighted by Gasteiger charge is 2.31. The van der Waals surface area contributed by atoms with Crippen LogP contribution in [0.25, 0.3) is 28.1 Å². The van der Waals surface area contributed by atoms with Crippen molar-refractivity contribution in [2.24, 2.45) is 5.92 Å². The average molecular weight is 560 g/mol. The Hall–Kier alpha value is -4.65. The van der Waals surface area contributed by atoms with Gasteiger partial charge in [-0.1, -0.05) is 6.08 Å². The fourth-order valence-electron chi connectivity index (χ4n) is 4.88. The van der Waals surface area contributed by atoms with Gasteiger partial charge in [0.2, 0.25) is 5.89 Å². The van der Waals surface area contributed by atoms with Crippen LogP contribution in [0, 0.1) is 17.2 Å². The lowest BCUT2D eigenvalue weighted by atomic mass is 9.96. The quantitative estimate of drug-likeness (QED) is 0.278. The van der Waals surface area contributed by atoms with E-state index in [1.54, 1.807) is 36.4 Å². The number of amides is 1. The maximum absolute atomic E-state index is 12.8. The van der Waals surface area contributed by atoms with Crippen molar-refractivity contribution in [3.05, 3.63) is 83.1 Å². The van der Waals surface area contributed by atoms with Crippen LogP contribution in [-0.2, 0) is 6.18 Å². The van der Waals surface area contributed by atoms with Crippen molar-refractivity contribution in [2.75, 3.05) is 24.5 Å². The predicted molar refractivity (Wildman–Crippen MR) is 150 cm³/mol. The highest BCUT2D eigenvalue weighted by atomic mass is 19.4. The number of nitriles is 1. The van der Waals surface area contributed by atoms with Crippen molar-refractivity contribution < 1.29 is 22.4 Å². The molecule has 1 aliphatic rings. The van der Waals surface area contributed by atoms with E-state index in [0.717, 1.165) is 36.2 Å². The van der Waals surface area contributed by atoms with Crippen LogP contribution in [0.2, 0.25) is 0 Å². The number of anilines is 1. The van der Waals surface area contributed by atoms with E-state index in [4.69, 9.17) is 4.42 Å². The van der Waals surface area contributed by atoms with Crippen LogP contribution in [0.15, 0.2) is 65.2 Å². The van der Waals surface area contributed by atoms with Gasteiger partial charge < -0.3 is 14.6 Å². The van der Waals surface area contributed by atoms with Crippen LogP contribution in [-0.4, -0.2) is 35.5 Å². The Labute approximate surface area is 235 Å². The lowest BCUT2D eigenvalue weighted by Crippen LogP contribution is -2.39.